The maximum atomic E-state index is 4.97. The quantitative estimate of drug-likeness (QED) is 0.426. The molecule has 0 unspecified atom stereocenters. The SMILES string of the molecule is Cc1cc(C)cc(C2=Nc3cccc4cc(C(C)C)cc2c34)c1. The molecular weight excluding hydrogens is 278 g/mol. The van der Waals surface area contributed by atoms with Gasteiger partial charge in [0.2, 0.25) is 0 Å². The third kappa shape index (κ3) is 2.28. The second-order valence-corrected chi connectivity index (χ2v) is 6.94. The summed E-state index contributed by atoms with van der Waals surface area (Å²) in [5.74, 6) is 0.514. The van der Waals surface area contributed by atoms with E-state index in [1.54, 1.807) is 0 Å². The van der Waals surface area contributed by atoms with Crippen molar-refractivity contribution in [2.24, 2.45) is 4.99 Å². The van der Waals surface area contributed by atoms with Crippen LogP contribution < -0.4 is 0 Å². The van der Waals surface area contributed by atoms with E-state index in [0.29, 0.717) is 5.92 Å². The molecule has 4 rings (SSSR count). The Labute approximate surface area is 137 Å². The number of hydrogen-bond acceptors (Lipinski definition) is 1. The molecule has 1 heteroatoms. The molecule has 23 heavy (non-hydrogen) atoms. The topological polar surface area (TPSA) is 12.4 Å². The Balaban J connectivity index is 2.00. The second-order valence-electron chi connectivity index (χ2n) is 6.94. The fraction of sp³-hybridized carbons (Fsp3) is 0.227. The van der Waals surface area contributed by atoms with Crippen molar-refractivity contribution in [1.82, 2.24) is 0 Å². The lowest BCUT2D eigenvalue weighted by atomic mass is 9.91. The second kappa shape index (κ2) is 5.06. The van der Waals surface area contributed by atoms with Crippen LogP contribution in [-0.2, 0) is 0 Å². The minimum Gasteiger partial charge on any atom is -0.247 e. The van der Waals surface area contributed by atoms with E-state index in [9.17, 15) is 0 Å². The van der Waals surface area contributed by atoms with Crippen molar-refractivity contribution >= 4 is 22.2 Å². The van der Waals surface area contributed by atoms with E-state index in [1.165, 1.54) is 38.6 Å². The van der Waals surface area contributed by atoms with Crippen LogP contribution in [0.1, 0.15) is 47.6 Å². The highest BCUT2D eigenvalue weighted by Gasteiger charge is 2.21. The van der Waals surface area contributed by atoms with Crippen molar-refractivity contribution < 1.29 is 0 Å². The molecule has 0 saturated carbocycles. The van der Waals surface area contributed by atoms with Crippen LogP contribution in [0.5, 0.6) is 0 Å². The van der Waals surface area contributed by atoms with E-state index in [2.05, 4.69) is 76.2 Å². The van der Waals surface area contributed by atoms with E-state index in [0.717, 1.165) is 11.4 Å². The highest BCUT2D eigenvalue weighted by molar-refractivity contribution is 6.26. The molecule has 3 aromatic carbocycles. The summed E-state index contributed by atoms with van der Waals surface area (Å²) < 4.78 is 0. The van der Waals surface area contributed by atoms with Gasteiger partial charge in [-0.05, 0) is 55.0 Å². The molecule has 1 heterocycles. The van der Waals surface area contributed by atoms with Crippen LogP contribution in [0, 0.1) is 13.8 Å². The van der Waals surface area contributed by atoms with Gasteiger partial charge in [-0.15, -0.1) is 0 Å². The van der Waals surface area contributed by atoms with E-state index in [1.807, 2.05) is 0 Å². The van der Waals surface area contributed by atoms with Crippen molar-refractivity contribution in [2.75, 3.05) is 0 Å². The summed E-state index contributed by atoms with van der Waals surface area (Å²) in [6.07, 6.45) is 0. The smallest absolute Gasteiger partial charge is 0.0789 e. The Kier molecular flexibility index (Phi) is 3.12. The summed E-state index contributed by atoms with van der Waals surface area (Å²) in [5.41, 5.74) is 8.67. The molecule has 0 aliphatic carbocycles. The van der Waals surface area contributed by atoms with Crippen molar-refractivity contribution in [2.45, 2.75) is 33.6 Å². The van der Waals surface area contributed by atoms with Gasteiger partial charge < -0.3 is 0 Å². The van der Waals surface area contributed by atoms with Gasteiger partial charge in [-0.25, -0.2) is 4.99 Å². The van der Waals surface area contributed by atoms with Crippen molar-refractivity contribution in [3.05, 3.63) is 76.3 Å². The third-order valence-corrected chi connectivity index (χ3v) is 4.63. The molecule has 114 valence electrons. The summed E-state index contributed by atoms with van der Waals surface area (Å²) in [4.78, 5) is 4.97. The summed E-state index contributed by atoms with van der Waals surface area (Å²) in [6, 6.07) is 17.8. The van der Waals surface area contributed by atoms with Crippen LogP contribution in [0.25, 0.3) is 10.8 Å². The lowest BCUT2D eigenvalue weighted by Crippen LogP contribution is -2.03. The van der Waals surface area contributed by atoms with E-state index >= 15 is 0 Å². The van der Waals surface area contributed by atoms with Crippen molar-refractivity contribution in [1.29, 1.82) is 0 Å². The van der Waals surface area contributed by atoms with Gasteiger partial charge in [0.25, 0.3) is 0 Å². The molecule has 0 aromatic heterocycles. The lowest BCUT2D eigenvalue weighted by Gasteiger charge is -2.11. The zero-order valence-electron chi connectivity index (χ0n) is 14.1. The highest BCUT2D eigenvalue weighted by atomic mass is 14.8. The molecular formula is C22H21N. The number of aliphatic imine (C=N–C) groups is 1. The van der Waals surface area contributed by atoms with Gasteiger partial charge in [0.15, 0.2) is 0 Å². The predicted octanol–water partition coefficient (Wildman–Crippen LogP) is 6.06. The molecule has 0 N–H and O–H groups in total. The van der Waals surface area contributed by atoms with Crippen molar-refractivity contribution in [3.63, 3.8) is 0 Å². The average Bonchev–Trinajstić information content (AvgIpc) is 2.87. The standard InChI is InChI=1S/C22H21N/c1-13(2)17-11-16-6-5-7-20-21(16)19(12-17)22(23-20)18-9-14(3)8-15(4)10-18/h5-13H,1-4H3. The normalized spacial score (nSPS) is 13.0. The molecule has 1 aliphatic heterocycles. The van der Waals surface area contributed by atoms with Gasteiger partial charge in [-0.2, -0.15) is 0 Å². The first kappa shape index (κ1) is 14.2. The van der Waals surface area contributed by atoms with Gasteiger partial charge in [-0.1, -0.05) is 49.2 Å². The summed E-state index contributed by atoms with van der Waals surface area (Å²) in [5, 5.41) is 2.60. The fourth-order valence-corrected chi connectivity index (χ4v) is 3.56. The molecule has 0 saturated heterocycles. The summed E-state index contributed by atoms with van der Waals surface area (Å²) >= 11 is 0. The molecule has 1 nitrogen and oxygen atoms in total. The first-order valence-corrected chi connectivity index (χ1v) is 8.27. The minimum atomic E-state index is 0.514. The Morgan fingerprint density at radius 3 is 2.30 bits per heavy atom. The van der Waals surface area contributed by atoms with Crippen LogP contribution in [-0.4, -0.2) is 5.71 Å². The average molecular weight is 299 g/mol. The number of rotatable bonds is 2. The third-order valence-electron chi connectivity index (χ3n) is 4.63. The van der Waals surface area contributed by atoms with Crippen LogP contribution in [0.3, 0.4) is 0 Å². The summed E-state index contributed by atoms with van der Waals surface area (Å²) in [7, 11) is 0. The molecule has 0 spiro atoms. The summed E-state index contributed by atoms with van der Waals surface area (Å²) in [6.45, 7) is 8.80. The molecule has 0 radical (unpaired) electrons. The van der Waals surface area contributed by atoms with Crippen LogP contribution in [0.15, 0.2) is 53.5 Å². The minimum absolute atomic E-state index is 0.514. The number of aryl methyl sites for hydroxylation is 2. The Hall–Kier alpha value is -2.41. The maximum absolute atomic E-state index is 4.97. The van der Waals surface area contributed by atoms with E-state index in [4.69, 9.17) is 4.99 Å². The molecule has 1 aliphatic rings. The van der Waals surface area contributed by atoms with E-state index in [-0.39, 0.29) is 0 Å². The Bertz CT molecular complexity index is 941. The van der Waals surface area contributed by atoms with Gasteiger partial charge in [0.1, 0.15) is 0 Å². The molecule has 0 amide bonds. The molecule has 3 aromatic rings. The number of benzene rings is 3. The lowest BCUT2D eigenvalue weighted by molar-refractivity contribution is 0.868. The molecule has 0 atom stereocenters. The van der Waals surface area contributed by atoms with E-state index < -0.39 is 0 Å². The fourth-order valence-electron chi connectivity index (χ4n) is 3.56. The number of nitrogens with zero attached hydrogens (tertiary/aromatic N) is 1. The van der Waals surface area contributed by atoms with Gasteiger partial charge in [-0.3, -0.25) is 0 Å². The molecule has 0 fully saturated rings. The predicted molar refractivity (Wildman–Crippen MR) is 99.3 cm³/mol. The van der Waals surface area contributed by atoms with Crippen LogP contribution in [0.2, 0.25) is 0 Å². The number of hydrogen-bond donors (Lipinski definition) is 0. The first-order valence-electron chi connectivity index (χ1n) is 8.27. The monoisotopic (exact) mass is 299 g/mol. The largest absolute Gasteiger partial charge is 0.247 e. The van der Waals surface area contributed by atoms with Crippen LogP contribution in [0.4, 0.5) is 5.69 Å². The molecule has 0 bridgehead atoms. The zero-order valence-corrected chi connectivity index (χ0v) is 14.1. The Morgan fingerprint density at radius 1 is 0.870 bits per heavy atom. The zero-order chi connectivity index (χ0) is 16.1. The highest BCUT2D eigenvalue weighted by Crippen LogP contribution is 2.39. The van der Waals surface area contributed by atoms with Gasteiger partial charge >= 0.3 is 0 Å². The van der Waals surface area contributed by atoms with Crippen LogP contribution >= 0.6 is 0 Å². The van der Waals surface area contributed by atoms with Gasteiger partial charge in [0, 0.05) is 16.5 Å². The van der Waals surface area contributed by atoms with Gasteiger partial charge in [0.05, 0.1) is 11.4 Å². The van der Waals surface area contributed by atoms with Crippen molar-refractivity contribution in [3.8, 4) is 0 Å². The first-order chi connectivity index (χ1) is 11.0. The Morgan fingerprint density at radius 2 is 1.61 bits per heavy atom. The maximum Gasteiger partial charge on any atom is 0.0789 e.